The van der Waals surface area contributed by atoms with E-state index in [-0.39, 0.29) is 22.2 Å². The highest BCUT2D eigenvalue weighted by molar-refractivity contribution is 6.31. The van der Waals surface area contributed by atoms with Gasteiger partial charge in [0.15, 0.2) is 5.82 Å². The summed E-state index contributed by atoms with van der Waals surface area (Å²) in [6.07, 6.45) is -8.60. The molecule has 172 valence electrons. The number of alkyl halides is 6. The third-order valence-electron chi connectivity index (χ3n) is 4.21. The molecule has 0 fully saturated rings. The van der Waals surface area contributed by atoms with Gasteiger partial charge in [0.2, 0.25) is 0 Å². The Hall–Kier alpha value is -3.66. The third kappa shape index (κ3) is 5.40. The molecule has 14 heteroatoms. The number of benzene rings is 1. The van der Waals surface area contributed by atoms with E-state index in [0.717, 1.165) is 16.9 Å². The summed E-state index contributed by atoms with van der Waals surface area (Å²) in [7, 11) is 0. The van der Waals surface area contributed by atoms with Crippen molar-refractivity contribution in [3.63, 3.8) is 0 Å². The molecule has 0 aliphatic heterocycles. The topological polar surface area (TPSA) is 96.5 Å². The number of hydrogen-bond acceptors (Lipinski definition) is 5. The second-order valence-corrected chi connectivity index (χ2v) is 7.07. The number of nitrogens with zero attached hydrogens (tertiary/aromatic N) is 5. The summed E-state index contributed by atoms with van der Waals surface area (Å²) in [6.45, 7) is 1.27. The molecule has 33 heavy (non-hydrogen) atoms. The molecule has 3 rings (SSSR count). The quantitative estimate of drug-likeness (QED) is 0.536. The van der Waals surface area contributed by atoms with Crippen LogP contribution in [0.25, 0.3) is 5.69 Å². The van der Waals surface area contributed by atoms with Gasteiger partial charge in [0, 0.05) is 10.6 Å². The van der Waals surface area contributed by atoms with Gasteiger partial charge in [0.25, 0.3) is 11.7 Å². The van der Waals surface area contributed by atoms with Gasteiger partial charge < -0.3 is 5.32 Å². The van der Waals surface area contributed by atoms with Gasteiger partial charge in [-0.2, -0.15) is 31.6 Å². The van der Waals surface area contributed by atoms with Crippen LogP contribution in [0.2, 0.25) is 5.02 Å². The zero-order chi connectivity index (χ0) is 24.6. The number of carbonyl (C=O) groups is 1. The standard InChI is InChI=1S/C19H11ClF6N6O/c1-9(29-16(33)10-4-11(18(21,22)23)6-12(20)5-10)15-30-17(19(24,25)26)31-32(15)14-3-2-13(7-27)28-8-14/h2-6,8-9H,1H3,(H,29,33). The number of hydrogen-bond donors (Lipinski definition) is 1. The molecular weight excluding hydrogens is 478 g/mol. The van der Waals surface area contributed by atoms with Crippen molar-refractivity contribution >= 4 is 17.5 Å². The van der Waals surface area contributed by atoms with Gasteiger partial charge in [-0.1, -0.05) is 11.6 Å². The molecule has 3 aromatic rings. The van der Waals surface area contributed by atoms with E-state index in [1.165, 1.54) is 19.1 Å². The number of pyridine rings is 1. The fraction of sp³-hybridized carbons (Fsp3) is 0.211. The fourth-order valence-corrected chi connectivity index (χ4v) is 2.96. The van der Waals surface area contributed by atoms with Crippen molar-refractivity contribution in [2.24, 2.45) is 0 Å². The van der Waals surface area contributed by atoms with E-state index in [0.29, 0.717) is 12.1 Å². The molecule has 1 aromatic carbocycles. The second-order valence-electron chi connectivity index (χ2n) is 6.64. The average Bonchev–Trinajstić information content (AvgIpc) is 3.19. The van der Waals surface area contributed by atoms with Crippen molar-refractivity contribution in [2.75, 3.05) is 0 Å². The van der Waals surface area contributed by atoms with Crippen LogP contribution in [0.5, 0.6) is 0 Å². The van der Waals surface area contributed by atoms with Crippen molar-refractivity contribution in [1.82, 2.24) is 25.1 Å². The van der Waals surface area contributed by atoms with Crippen LogP contribution in [0.15, 0.2) is 36.5 Å². The molecule has 2 aromatic heterocycles. The maximum atomic E-state index is 13.2. The maximum Gasteiger partial charge on any atom is 0.453 e. The van der Waals surface area contributed by atoms with Crippen molar-refractivity contribution in [1.29, 1.82) is 5.26 Å². The number of halogens is 7. The van der Waals surface area contributed by atoms with Crippen molar-refractivity contribution < 1.29 is 31.1 Å². The van der Waals surface area contributed by atoms with Crippen molar-refractivity contribution in [3.8, 4) is 11.8 Å². The molecule has 0 aliphatic carbocycles. The first-order chi connectivity index (χ1) is 15.3. The monoisotopic (exact) mass is 488 g/mol. The van der Waals surface area contributed by atoms with E-state index in [2.05, 4.69) is 20.4 Å². The minimum atomic E-state index is -4.92. The Kier molecular flexibility index (Phi) is 6.33. The van der Waals surface area contributed by atoms with Crippen LogP contribution in [0.4, 0.5) is 26.3 Å². The minimum absolute atomic E-state index is 0.000707. The number of nitrogens with one attached hydrogen (secondary N) is 1. The number of amides is 1. The normalized spacial score (nSPS) is 12.8. The lowest BCUT2D eigenvalue weighted by molar-refractivity contribution is -0.145. The van der Waals surface area contributed by atoms with Gasteiger partial charge in [-0.3, -0.25) is 4.79 Å². The molecular formula is C19H11ClF6N6O. The van der Waals surface area contributed by atoms with Gasteiger partial charge in [-0.25, -0.2) is 14.6 Å². The molecule has 0 saturated heterocycles. The lowest BCUT2D eigenvalue weighted by atomic mass is 10.1. The first-order valence-electron chi connectivity index (χ1n) is 8.89. The van der Waals surface area contributed by atoms with Crippen LogP contribution in [0.3, 0.4) is 0 Å². The highest BCUT2D eigenvalue weighted by Crippen LogP contribution is 2.32. The summed E-state index contributed by atoms with van der Waals surface area (Å²) >= 11 is 5.68. The summed E-state index contributed by atoms with van der Waals surface area (Å²) in [5.41, 5.74) is -1.61. The lowest BCUT2D eigenvalue weighted by Gasteiger charge is -2.15. The Morgan fingerprint density at radius 3 is 2.39 bits per heavy atom. The Morgan fingerprint density at radius 2 is 1.85 bits per heavy atom. The first kappa shape index (κ1) is 24.0. The molecule has 7 nitrogen and oxygen atoms in total. The second kappa shape index (κ2) is 8.70. The Balaban J connectivity index is 1.97. The molecule has 0 radical (unpaired) electrons. The largest absolute Gasteiger partial charge is 0.453 e. The van der Waals surface area contributed by atoms with Gasteiger partial charge in [-0.15, -0.1) is 5.10 Å². The molecule has 0 aliphatic rings. The van der Waals surface area contributed by atoms with Crippen LogP contribution < -0.4 is 5.32 Å². The van der Waals surface area contributed by atoms with Crippen LogP contribution in [0.1, 0.15) is 46.2 Å². The highest BCUT2D eigenvalue weighted by Gasteiger charge is 2.38. The van der Waals surface area contributed by atoms with E-state index in [4.69, 9.17) is 16.9 Å². The number of aromatic nitrogens is 4. The minimum Gasteiger partial charge on any atom is -0.342 e. The highest BCUT2D eigenvalue weighted by atomic mass is 35.5. The van der Waals surface area contributed by atoms with Crippen molar-refractivity contribution in [2.45, 2.75) is 25.3 Å². The predicted octanol–water partition coefficient (Wildman–Crippen LogP) is 4.72. The van der Waals surface area contributed by atoms with Gasteiger partial charge >= 0.3 is 12.4 Å². The van der Waals surface area contributed by atoms with E-state index in [1.807, 2.05) is 0 Å². The van der Waals surface area contributed by atoms with Gasteiger partial charge in [0.05, 0.1) is 23.5 Å². The third-order valence-corrected chi connectivity index (χ3v) is 4.43. The lowest BCUT2D eigenvalue weighted by Crippen LogP contribution is -2.29. The summed E-state index contributed by atoms with van der Waals surface area (Å²) in [5.74, 6) is -2.91. The molecule has 1 amide bonds. The number of rotatable bonds is 4. The van der Waals surface area contributed by atoms with Gasteiger partial charge in [0.1, 0.15) is 11.8 Å². The fourth-order valence-electron chi connectivity index (χ4n) is 2.72. The molecule has 0 bridgehead atoms. The van der Waals surface area contributed by atoms with Crippen LogP contribution >= 0.6 is 11.6 Å². The van der Waals surface area contributed by atoms with Crippen molar-refractivity contribution in [3.05, 3.63) is 70.0 Å². The van der Waals surface area contributed by atoms with E-state index in [1.54, 1.807) is 6.07 Å². The maximum absolute atomic E-state index is 13.2. The van der Waals surface area contributed by atoms with Gasteiger partial charge in [-0.05, 0) is 37.3 Å². The van der Waals surface area contributed by atoms with E-state index < -0.39 is 41.3 Å². The molecule has 1 unspecified atom stereocenters. The van der Waals surface area contributed by atoms with Crippen LogP contribution in [0, 0.1) is 11.3 Å². The Morgan fingerprint density at radius 1 is 1.15 bits per heavy atom. The number of nitriles is 1. The molecule has 1 atom stereocenters. The average molecular weight is 489 g/mol. The smallest absolute Gasteiger partial charge is 0.342 e. The molecule has 1 N–H and O–H groups in total. The molecule has 0 saturated carbocycles. The summed E-state index contributed by atoms with van der Waals surface area (Å²) in [4.78, 5) is 19.7. The predicted molar refractivity (Wildman–Crippen MR) is 101 cm³/mol. The molecule has 2 heterocycles. The SMILES string of the molecule is CC(NC(=O)c1cc(Cl)cc(C(F)(F)F)c1)c1nc(C(F)(F)F)nn1-c1ccc(C#N)nc1. The zero-order valence-electron chi connectivity index (χ0n) is 16.3. The van der Waals surface area contributed by atoms with Crippen LogP contribution in [-0.2, 0) is 12.4 Å². The number of carbonyl (C=O) groups excluding carboxylic acids is 1. The Labute approximate surface area is 186 Å². The van der Waals surface area contributed by atoms with E-state index >= 15 is 0 Å². The zero-order valence-corrected chi connectivity index (χ0v) is 17.1. The van der Waals surface area contributed by atoms with E-state index in [9.17, 15) is 31.1 Å². The first-order valence-corrected chi connectivity index (χ1v) is 9.26. The summed E-state index contributed by atoms with van der Waals surface area (Å²) in [5, 5.41) is 14.2. The molecule has 0 spiro atoms. The Bertz CT molecular complexity index is 1230. The summed E-state index contributed by atoms with van der Waals surface area (Å²) in [6, 6.07) is 5.20. The van der Waals surface area contributed by atoms with Crippen LogP contribution in [-0.4, -0.2) is 25.7 Å². The summed E-state index contributed by atoms with van der Waals surface area (Å²) < 4.78 is 79.4.